The molecule has 2 amide bonds. The number of hydrogen-bond donors (Lipinski definition) is 3. The average Bonchev–Trinajstić information content (AvgIpc) is 2.83. The fourth-order valence-corrected chi connectivity index (χ4v) is 3.62. The summed E-state index contributed by atoms with van der Waals surface area (Å²) in [4.78, 5) is 24.8. The van der Waals surface area contributed by atoms with Gasteiger partial charge in [0.15, 0.2) is 18.1 Å². The summed E-state index contributed by atoms with van der Waals surface area (Å²) in [6.07, 6.45) is -0.434. The van der Waals surface area contributed by atoms with E-state index in [2.05, 4.69) is 16.0 Å². The maximum Gasteiger partial charge on any atom is 0.262 e. The molecule has 0 aromatic heterocycles. The molecule has 33 heavy (non-hydrogen) atoms. The van der Waals surface area contributed by atoms with Gasteiger partial charge >= 0.3 is 0 Å². The number of para-hydroxylation sites is 1. The minimum Gasteiger partial charge on any atom is -0.495 e. The molecule has 4 rings (SSSR count). The Morgan fingerprint density at radius 2 is 1.76 bits per heavy atom. The number of nitrogens with one attached hydrogen (secondary N) is 3. The van der Waals surface area contributed by atoms with Gasteiger partial charge in [0.2, 0.25) is 0 Å². The van der Waals surface area contributed by atoms with E-state index >= 15 is 0 Å². The Morgan fingerprint density at radius 1 is 0.970 bits per heavy atom. The Labute approximate surface area is 195 Å². The predicted molar refractivity (Wildman–Crippen MR) is 125 cm³/mol. The van der Waals surface area contributed by atoms with E-state index in [1.807, 2.05) is 18.2 Å². The molecule has 1 atom stereocenters. The second-order valence-corrected chi connectivity index (χ2v) is 7.62. The van der Waals surface area contributed by atoms with Crippen LogP contribution in [0.2, 0.25) is 5.02 Å². The topological polar surface area (TPSA) is 97.9 Å². The second-order valence-electron chi connectivity index (χ2n) is 7.19. The van der Waals surface area contributed by atoms with Crippen molar-refractivity contribution in [3.05, 3.63) is 76.8 Å². The number of rotatable bonds is 7. The molecule has 0 spiro atoms. The molecular formula is C24H22ClN3O5. The van der Waals surface area contributed by atoms with E-state index in [4.69, 9.17) is 25.8 Å². The highest BCUT2D eigenvalue weighted by Crippen LogP contribution is 2.33. The fourth-order valence-electron chi connectivity index (χ4n) is 3.45. The minimum absolute atomic E-state index is 0.164. The number of carbonyl (C=O) groups excluding carboxylic acids is 2. The van der Waals surface area contributed by atoms with Crippen LogP contribution in [-0.4, -0.2) is 32.6 Å². The SMILES string of the molecule is COc1cc(Cl)ccc1NC(=O)COc1ccc([C@H]2NC(=O)c3ccccc3N2)cc1OC. The van der Waals surface area contributed by atoms with Crippen LogP contribution in [0.25, 0.3) is 0 Å². The minimum atomic E-state index is -0.434. The van der Waals surface area contributed by atoms with Gasteiger partial charge in [-0.3, -0.25) is 9.59 Å². The number of fused-ring (bicyclic) bond motifs is 1. The van der Waals surface area contributed by atoms with Crippen LogP contribution in [0.3, 0.4) is 0 Å². The van der Waals surface area contributed by atoms with Crippen LogP contribution in [0.1, 0.15) is 22.1 Å². The van der Waals surface area contributed by atoms with Crippen molar-refractivity contribution < 1.29 is 23.8 Å². The summed E-state index contributed by atoms with van der Waals surface area (Å²) in [5, 5.41) is 9.44. The van der Waals surface area contributed by atoms with Gasteiger partial charge in [-0.05, 0) is 42.0 Å². The van der Waals surface area contributed by atoms with Crippen LogP contribution in [0.4, 0.5) is 11.4 Å². The number of halogens is 1. The monoisotopic (exact) mass is 467 g/mol. The van der Waals surface area contributed by atoms with Crippen LogP contribution in [0, 0.1) is 0 Å². The molecule has 170 valence electrons. The quantitative estimate of drug-likeness (QED) is 0.481. The average molecular weight is 468 g/mol. The third kappa shape index (κ3) is 4.96. The third-order valence-electron chi connectivity index (χ3n) is 5.06. The van der Waals surface area contributed by atoms with Crippen molar-refractivity contribution in [3.63, 3.8) is 0 Å². The molecule has 8 nitrogen and oxygen atoms in total. The van der Waals surface area contributed by atoms with Gasteiger partial charge in [-0.15, -0.1) is 0 Å². The number of carbonyl (C=O) groups is 2. The molecule has 1 aliphatic heterocycles. The van der Waals surface area contributed by atoms with Crippen LogP contribution in [-0.2, 0) is 4.79 Å². The first kappa shape index (κ1) is 22.3. The first-order chi connectivity index (χ1) is 16.0. The second kappa shape index (κ2) is 9.70. The van der Waals surface area contributed by atoms with Crippen molar-refractivity contribution in [3.8, 4) is 17.2 Å². The molecule has 0 aliphatic carbocycles. The van der Waals surface area contributed by atoms with Crippen LogP contribution >= 0.6 is 11.6 Å². The van der Waals surface area contributed by atoms with E-state index in [9.17, 15) is 9.59 Å². The summed E-state index contributed by atoms with van der Waals surface area (Å²) in [5.74, 6) is 0.727. The fraction of sp³-hybridized carbons (Fsp3) is 0.167. The smallest absolute Gasteiger partial charge is 0.262 e. The number of amides is 2. The molecule has 3 aromatic rings. The molecule has 3 N–H and O–H groups in total. The summed E-state index contributed by atoms with van der Waals surface area (Å²) < 4.78 is 16.3. The Hall–Kier alpha value is -3.91. The zero-order valence-corrected chi connectivity index (χ0v) is 18.7. The lowest BCUT2D eigenvalue weighted by atomic mass is 10.1. The number of anilines is 2. The van der Waals surface area contributed by atoms with Crippen molar-refractivity contribution in [2.45, 2.75) is 6.17 Å². The van der Waals surface area contributed by atoms with Crippen molar-refractivity contribution >= 4 is 34.8 Å². The van der Waals surface area contributed by atoms with E-state index in [-0.39, 0.29) is 18.4 Å². The summed E-state index contributed by atoms with van der Waals surface area (Å²) in [6.45, 7) is -0.243. The van der Waals surface area contributed by atoms with Crippen LogP contribution in [0.5, 0.6) is 17.2 Å². The summed E-state index contributed by atoms with van der Waals surface area (Å²) in [7, 11) is 3.00. The zero-order valence-electron chi connectivity index (χ0n) is 18.0. The highest BCUT2D eigenvalue weighted by molar-refractivity contribution is 6.30. The van der Waals surface area contributed by atoms with Crippen LogP contribution in [0.15, 0.2) is 60.7 Å². The van der Waals surface area contributed by atoms with Gasteiger partial charge in [-0.25, -0.2) is 0 Å². The van der Waals surface area contributed by atoms with Gasteiger partial charge < -0.3 is 30.2 Å². The molecule has 0 radical (unpaired) electrons. The summed E-state index contributed by atoms with van der Waals surface area (Å²) in [6, 6.07) is 17.4. The molecule has 1 heterocycles. The molecule has 0 bridgehead atoms. The Morgan fingerprint density at radius 3 is 2.55 bits per heavy atom. The van der Waals surface area contributed by atoms with E-state index < -0.39 is 6.17 Å². The maximum atomic E-state index is 12.4. The highest BCUT2D eigenvalue weighted by atomic mass is 35.5. The van der Waals surface area contributed by atoms with Crippen molar-refractivity contribution in [2.24, 2.45) is 0 Å². The van der Waals surface area contributed by atoms with Gasteiger partial charge in [-0.1, -0.05) is 29.8 Å². The predicted octanol–water partition coefficient (Wildman–Crippen LogP) is 4.23. The van der Waals surface area contributed by atoms with Gasteiger partial charge in [-0.2, -0.15) is 0 Å². The van der Waals surface area contributed by atoms with Gasteiger partial charge in [0.05, 0.1) is 25.5 Å². The molecule has 0 unspecified atom stereocenters. The molecule has 0 fully saturated rings. The lowest BCUT2D eigenvalue weighted by Gasteiger charge is -2.28. The van der Waals surface area contributed by atoms with Crippen molar-refractivity contribution in [2.75, 3.05) is 31.5 Å². The van der Waals surface area contributed by atoms with Gasteiger partial charge in [0.1, 0.15) is 11.9 Å². The zero-order chi connectivity index (χ0) is 23.4. The number of hydrogen-bond acceptors (Lipinski definition) is 6. The Bertz CT molecular complexity index is 1200. The summed E-state index contributed by atoms with van der Waals surface area (Å²) >= 11 is 5.95. The first-order valence-electron chi connectivity index (χ1n) is 10.1. The first-order valence-corrected chi connectivity index (χ1v) is 10.5. The van der Waals surface area contributed by atoms with Crippen molar-refractivity contribution in [1.29, 1.82) is 0 Å². The maximum absolute atomic E-state index is 12.4. The third-order valence-corrected chi connectivity index (χ3v) is 5.30. The summed E-state index contributed by atoms with van der Waals surface area (Å²) in [5.41, 5.74) is 2.60. The van der Waals surface area contributed by atoms with E-state index in [1.165, 1.54) is 14.2 Å². The largest absolute Gasteiger partial charge is 0.495 e. The standard InChI is InChI=1S/C24H22ClN3O5/c1-31-20-12-15(25)8-9-18(20)26-22(29)13-33-19-10-7-14(11-21(19)32-2)23-27-17-6-4-3-5-16(17)24(30)28-23/h3-12,23,27H,13H2,1-2H3,(H,26,29)(H,28,30)/t23-/m1/s1. The Kier molecular flexibility index (Phi) is 6.55. The lowest BCUT2D eigenvalue weighted by Crippen LogP contribution is -2.38. The molecule has 9 heteroatoms. The van der Waals surface area contributed by atoms with E-state index in [0.29, 0.717) is 33.5 Å². The molecular weight excluding hydrogens is 446 g/mol. The lowest BCUT2D eigenvalue weighted by molar-refractivity contribution is -0.118. The molecule has 3 aromatic carbocycles. The number of methoxy groups -OCH3 is 2. The van der Waals surface area contributed by atoms with E-state index in [1.54, 1.807) is 42.5 Å². The normalized spacial score (nSPS) is 14.4. The van der Waals surface area contributed by atoms with Gasteiger partial charge in [0, 0.05) is 16.8 Å². The number of ether oxygens (including phenoxy) is 3. The van der Waals surface area contributed by atoms with Crippen molar-refractivity contribution in [1.82, 2.24) is 5.32 Å². The highest BCUT2D eigenvalue weighted by Gasteiger charge is 2.25. The molecule has 1 aliphatic rings. The van der Waals surface area contributed by atoms with E-state index in [0.717, 1.165) is 11.3 Å². The number of benzene rings is 3. The van der Waals surface area contributed by atoms with Crippen LogP contribution < -0.4 is 30.2 Å². The Balaban J connectivity index is 1.43. The molecule has 0 saturated carbocycles. The van der Waals surface area contributed by atoms with Gasteiger partial charge in [0.25, 0.3) is 11.8 Å². The molecule has 0 saturated heterocycles.